The first-order valence-electron chi connectivity index (χ1n) is 6.79. The van der Waals surface area contributed by atoms with E-state index in [-0.39, 0.29) is 0 Å². The largest absolute Gasteiger partial charge is 0.252 e. The lowest BCUT2D eigenvalue weighted by Crippen LogP contribution is -2.23. The monoisotopic (exact) mass is 355 g/mol. The summed E-state index contributed by atoms with van der Waals surface area (Å²) in [7, 11) is -0.607. The van der Waals surface area contributed by atoms with E-state index in [0.717, 1.165) is 15.6 Å². The minimum Gasteiger partial charge on any atom is -0.252 e. The Bertz CT molecular complexity index is 689. The van der Waals surface area contributed by atoms with Crippen molar-refractivity contribution in [1.82, 2.24) is 4.98 Å². The van der Waals surface area contributed by atoms with Crippen LogP contribution in [0.2, 0.25) is 0 Å². The average molecular weight is 356 g/mol. The van der Waals surface area contributed by atoms with Gasteiger partial charge >= 0.3 is 0 Å². The Morgan fingerprint density at radius 3 is 1.76 bits per heavy atom. The third-order valence-corrected chi connectivity index (χ3v) is 6.44. The van der Waals surface area contributed by atoms with E-state index in [1.807, 2.05) is 6.92 Å². The molecule has 0 N–H and O–H groups in total. The molecular formula is C18H15BrNP. The lowest BCUT2D eigenvalue weighted by molar-refractivity contribution is 1.22. The fraction of sp³-hybridized carbons (Fsp3) is 0.0556. The van der Waals surface area contributed by atoms with E-state index in [0.29, 0.717) is 0 Å². The van der Waals surface area contributed by atoms with Crippen LogP contribution in [-0.2, 0) is 0 Å². The maximum Gasteiger partial charge on any atom is 0.0725 e. The number of pyridine rings is 1. The minimum atomic E-state index is -0.607. The number of halogens is 1. The first-order valence-corrected chi connectivity index (χ1v) is 8.92. The predicted molar refractivity (Wildman–Crippen MR) is 95.4 cm³/mol. The number of aryl methyl sites for hydroxylation is 1. The molecule has 0 aliphatic carbocycles. The van der Waals surface area contributed by atoms with Crippen LogP contribution in [0.1, 0.15) is 5.69 Å². The summed E-state index contributed by atoms with van der Waals surface area (Å²) >= 11 is 3.54. The minimum absolute atomic E-state index is 0.607. The van der Waals surface area contributed by atoms with E-state index in [9.17, 15) is 0 Å². The second-order valence-corrected chi connectivity index (χ2v) is 7.76. The van der Waals surface area contributed by atoms with Crippen LogP contribution in [0.5, 0.6) is 0 Å². The fourth-order valence-electron chi connectivity index (χ4n) is 2.22. The van der Waals surface area contributed by atoms with Gasteiger partial charge in [0.1, 0.15) is 0 Å². The second kappa shape index (κ2) is 6.51. The van der Waals surface area contributed by atoms with Crippen LogP contribution in [0.15, 0.2) is 77.3 Å². The Labute approximate surface area is 134 Å². The number of nitrogens with zero attached hydrogens (tertiary/aromatic N) is 1. The molecule has 0 saturated carbocycles. The highest BCUT2D eigenvalue weighted by Gasteiger charge is 2.17. The topological polar surface area (TPSA) is 12.9 Å². The zero-order chi connectivity index (χ0) is 14.7. The Balaban J connectivity index is 2.14. The summed E-state index contributed by atoms with van der Waals surface area (Å²) in [5.74, 6) is 0. The van der Waals surface area contributed by atoms with E-state index in [1.165, 1.54) is 10.6 Å². The van der Waals surface area contributed by atoms with Gasteiger partial charge in [0.2, 0.25) is 0 Å². The van der Waals surface area contributed by atoms with E-state index >= 15 is 0 Å². The number of rotatable bonds is 3. The molecular weight excluding hydrogens is 341 g/mol. The van der Waals surface area contributed by atoms with Crippen LogP contribution < -0.4 is 16.0 Å². The molecule has 0 radical (unpaired) electrons. The van der Waals surface area contributed by atoms with E-state index < -0.39 is 7.92 Å². The first-order chi connectivity index (χ1) is 10.3. The second-order valence-electron chi connectivity index (χ2n) is 4.74. The van der Waals surface area contributed by atoms with Crippen molar-refractivity contribution in [3.63, 3.8) is 0 Å². The quantitative estimate of drug-likeness (QED) is 0.649. The van der Waals surface area contributed by atoms with Crippen molar-refractivity contribution in [2.45, 2.75) is 6.92 Å². The van der Waals surface area contributed by atoms with Crippen molar-refractivity contribution < 1.29 is 0 Å². The number of aromatic nitrogens is 1. The zero-order valence-electron chi connectivity index (χ0n) is 11.7. The summed E-state index contributed by atoms with van der Waals surface area (Å²) in [5.41, 5.74) is 2.18. The van der Waals surface area contributed by atoms with Crippen LogP contribution in [0.4, 0.5) is 0 Å². The molecule has 104 valence electrons. The summed E-state index contributed by atoms with van der Waals surface area (Å²) in [4.78, 5) is 4.81. The van der Waals surface area contributed by atoms with Gasteiger partial charge in [0.15, 0.2) is 0 Å². The van der Waals surface area contributed by atoms with Crippen LogP contribution in [-0.4, -0.2) is 4.98 Å². The van der Waals surface area contributed by atoms with Gasteiger partial charge in [-0.3, -0.25) is 4.98 Å². The predicted octanol–water partition coefficient (Wildman–Crippen LogP) is 3.91. The molecule has 0 bridgehead atoms. The Morgan fingerprint density at radius 1 is 0.762 bits per heavy atom. The molecule has 0 spiro atoms. The third kappa shape index (κ3) is 3.23. The molecule has 1 nitrogen and oxygen atoms in total. The summed E-state index contributed by atoms with van der Waals surface area (Å²) in [6, 6.07) is 25.5. The van der Waals surface area contributed by atoms with E-state index in [1.54, 1.807) is 0 Å². The average Bonchev–Trinajstić information content (AvgIpc) is 2.53. The van der Waals surface area contributed by atoms with E-state index in [4.69, 9.17) is 4.98 Å². The molecule has 0 aliphatic heterocycles. The van der Waals surface area contributed by atoms with Crippen LogP contribution >= 0.6 is 23.9 Å². The van der Waals surface area contributed by atoms with Crippen molar-refractivity contribution in [3.05, 3.63) is 83.0 Å². The first kappa shape index (κ1) is 14.4. The van der Waals surface area contributed by atoms with Gasteiger partial charge in [0.05, 0.1) is 11.1 Å². The molecule has 2 aromatic carbocycles. The lowest BCUT2D eigenvalue weighted by Gasteiger charge is -2.18. The highest BCUT2D eigenvalue weighted by molar-refractivity contribution is 9.10. The molecule has 1 heterocycles. The highest BCUT2D eigenvalue weighted by atomic mass is 79.9. The summed E-state index contributed by atoms with van der Waals surface area (Å²) in [5, 5.41) is 2.65. The third-order valence-electron chi connectivity index (χ3n) is 3.26. The van der Waals surface area contributed by atoms with Crippen LogP contribution in [0.25, 0.3) is 0 Å². The molecule has 3 rings (SSSR count). The van der Waals surface area contributed by atoms with Crippen molar-refractivity contribution in [1.29, 1.82) is 0 Å². The molecule has 0 unspecified atom stereocenters. The molecule has 0 fully saturated rings. The van der Waals surface area contributed by atoms with Gasteiger partial charge < -0.3 is 0 Å². The van der Waals surface area contributed by atoms with Crippen molar-refractivity contribution >= 4 is 39.9 Å². The standard InChI is InChI=1S/C18H15BrNP/c1-14-17(19)12-13-18(20-14)21(15-8-4-2-5-9-15)16-10-6-3-7-11-16/h2-13H,1H3. The Hall–Kier alpha value is -1.50. The Morgan fingerprint density at radius 2 is 1.29 bits per heavy atom. The van der Waals surface area contributed by atoms with Crippen molar-refractivity contribution in [2.75, 3.05) is 0 Å². The number of hydrogen-bond donors (Lipinski definition) is 0. The zero-order valence-corrected chi connectivity index (χ0v) is 14.2. The molecule has 0 atom stereocenters. The number of hydrogen-bond acceptors (Lipinski definition) is 1. The molecule has 3 heteroatoms. The maximum absolute atomic E-state index is 4.81. The van der Waals surface area contributed by atoms with Crippen LogP contribution in [0.3, 0.4) is 0 Å². The maximum atomic E-state index is 4.81. The van der Waals surface area contributed by atoms with Gasteiger partial charge in [-0.05, 0) is 45.6 Å². The van der Waals surface area contributed by atoms with E-state index in [2.05, 4.69) is 88.7 Å². The highest BCUT2D eigenvalue weighted by Crippen LogP contribution is 2.32. The smallest absolute Gasteiger partial charge is 0.0725 e. The summed E-state index contributed by atoms with van der Waals surface area (Å²) in [6.45, 7) is 2.04. The molecule has 1 aromatic heterocycles. The van der Waals surface area contributed by atoms with Crippen molar-refractivity contribution in [2.24, 2.45) is 0 Å². The van der Waals surface area contributed by atoms with Gasteiger partial charge in [-0.1, -0.05) is 60.7 Å². The normalized spacial score (nSPS) is 10.8. The molecule has 0 aliphatic rings. The fourth-order valence-corrected chi connectivity index (χ4v) is 4.69. The number of benzene rings is 2. The lowest BCUT2D eigenvalue weighted by atomic mass is 10.4. The summed E-state index contributed by atoms with van der Waals surface area (Å²) < 4.78 is 1.06. The molecule has 3 aromatic rings. The Kier molecular flexibility index (Phi) is 4.48. The van der Waals surface area contributed by atoms with Crippen LogP contribution in [0, 0.1) is 6.92 Å². The van der Waals surface area contributed by atoms with Gasteiger partial charge in [-0.15, -0.1) is 0 Å². The van der Waals surface area contributed by atoms with Gasteiger partial charge in [-0.2, -0.15) is 0 Å². The molecule has 21 heavy (non-hydrogen) atoms. The summed E-state index contributed by atoms with van der Waals surface area (Å²) in [6.07, 6.45) is 0. The van der Waals surface area contributed by atoms with Gasteiger partial charge in [0.25, 0.3) is 0 Å². The van der Waals surface area contributed by atoms with Gasteiger partial charge in [0, 0.05) is 12.4 Å². The van der Waals surface area contributed by atoms with Gasteiger partial charge in [-0.25, -0.2) is 0 Å². The molecule has 0 amide bonds. The molecule has 0 saturated heterocycles. The van der Waals surface area contributed by atoms with Crippen molar-refractivity contribution in [3.8, 4) is 0 Å². The SMILES string of the molecule is Cc1nc(P(c2ccccc2)c2ccccc2)ccc1Br.